The van der Waals surface area contributed by atoms with Crippen LogP contribution in [0.1, 0.15) is 16.9 Å². The minimum Gasteiger partial charge on any atom is -0.477 e. The lowest BCUT2D eigenvalue weighted by molar-refractivity contribution is 0.0690. The number of aromatic carboxylic acids is 1. The number of carboxylic acids is 1. The zero-order valence-electron chi connectivity index (χ0n) is 6.99. The van der Waals surface area contributed by atoms with Gasteiger partial charge in [0.05, 0.1) is 6.61 Å². The zero-order chi connectivity index (χ0) is 9.68. The Morgan fingerprint density at radius 3 is 3.15 bits per heavy atom. The van der Waals surface area contributed by atoms with Crippen LogP contribution in [0.2, 0.25) is 0 Å². The second kappa shape index (κ2) is 4.30. The van der Waals surface area contributed by atoms with E-state index in [0.717, 1.165) is 0 Å². The lowest BCUT2D eigenvalue weighted by Crippen LogP contribution is -1.95. The molecule has 0 saturated heterocycles. The van der Waals surface area contributed by atoms with Crippen molar-refractivity contribution in [3.8, 4) is 5.88 Å². The van der Waals surface area contributed by atoms with E-state index >= 15 is 0 Å². The Bertz CT molecular complexity index is 306. The van der Waals surface area contributed by atoms with Gasteiger partial charge in [-0.1, -0.05) is 6.08 Å². The van der Waals surface area contributed by atoms with Crippen molar-refractivity contribution in [3.63, 3.8) is 0 Å². The van der Waals surface area contributed by atoms with Crippen LogP contribution in [0.25, 0.3) is 0 Å². The number of rotatable bonds is 5. The molecule has 0 aliphatic heterocycles. The summed E-state index contributed by atoms with van der Waals surface area (Å²) >= 11 is 0. The van der Waals surface area contributed by atoms with Gasteiger partial charge in [0.25, 0.3) is 0 Å². The maximum Gasteiger partial charge on any atom is 0.354 e. The smallest absolute Gasteiger partial charge is 0.354 e. The molecule has 70 valence electrons. The van der Waals surface area contributed by atoms with Gasteiger partial charge in [-0.3, -0.25) is 5.10 Å². The Morgan fingerprint density at radius 1 is 1.85 bits per heavy atom. The summed E-state index contributed by atoms with van der Waals surface area (Å²) in [7, 11) is 0. The number of carboxylic acid groups (broad SMARTS) is 1. The SMILES string of the molecule is C=CCCOc1cc(C(=O)O)[nH]n1. The first-order valence-corrected chi connectivity index (χ1v) is 3.76. The summed E-state index contributed by atoms with van der Waals surface area (Å²) < 4.78 is 5.10. The second-order valence-electron chi connectivity index (χ2n) is 2.35. The van der Waals surface area contributed by atoms with E-state index in [-0.39, 0.29) is 5.69 Å². The summed E-state index contributed by atoms with van der Waals surface area (Å²) in [5.41, 5.74) is 0.0219. The Balaban J connectivity index is 2.49. The van der Waals surface area contributed by atoms with Gasteiger partial charge in [0, 0.05) is 6.07 Å². The van der Waals surface area contributed by atoms with Crippen LogP contribution in [0.4, 0.5) is 0 Å². The molecule has 5 nitrogen and oxygen atoms in total. The summed E-state index contributed by atoms with van der Waals surface area (Å²) in [4.78, 5) is 10.4. The minimum atomic E-state index is -1.05. The lowest BCUT2D eigenvalue weighted by atomic mass is 10.4. The highest BCUT2D eigenvalue weighted by Gasteiger charge is 2.07. The number of H-pyrrole nitrogens is 1. The van der Waals surface area contributed by atoms with Crippen molar-refractivity contribution in [2.75, 3.05) is 6.61 Å². The summed E-state index contributed by atoms with van der Waals surface area (Å²) in [5.74, 6) is -0.759. The number of hydrogen-bond acceptors (Lipinski definition) is 3. The molecule has 0 saturated carbocycles. The van der Waals surface area contributed by atoms with Crippen LogP contribution >= 0.6 is 0 Å². The molecule has 0 aliphatic carbocycles. The molecule has 0 aromatic carbocycles. The molecule has 0 unspecified atom stereocenters. The second-order valence-corrected chi connectivity index (χ2v) is 2.35. The van der Waals surface area contributed by atoms with Crippen molar-refractivity contribution in [1.82, 2.24) is 10.2 Å². The van der Waals surface area contributed by atoms with Gasteiger partial charge in [-0.15, -0.1) is 11.7 Å². The molecule has 0 aliphatic rings. The molecule has 0 atom stereocenters. The Labute approximate surface area is 75.0 Å². The molecule has 2 N–H and O–H groups in total. The largest absolute Gasteiger partial charge is 0.477 e. The maximum absolute atomic E-state index is 10.4. The van der Waals surface area contributed by atoms with Gasteiger partial charge in [0.2, 0.25) is 5.88 Å². The van der Waals surface area contributed by atoms with E-state index in [9.17, 15) is 4.79 Å². The topological polar surface area (TPSA) is 75.2 Å². The highest BCUT2D eigenvalue weighted by molar-refractivity contribution is 5.85. The Kier molecular flexibility index (Phi) is 3.08. The van der Waals surface area contributed by atoms with Crippen molar-refractivity contribution in [2.45, 2.75) is 6.42 Å². The van der Waals surface area contributed by atoms with E-state index in [0.29, 0.717) is 18.9 Å². The van der Waals surface area contributed by atoms with Crippen molar-refractivity contribution < 1.29 is 14.6 Å². The third-order valence-electron chi connectivity index (χ3n) is 1.36. The molecule has 5 heteroatoms. The first-order valence-electron chi connectivity index (χ1n) is 3.76. The molecule has 13 heavy (non-hydrogen) atoms. The Morgan fingerprint density at radius 2 is 2.62 bits per heavy atom. The summed E-state index contributed by atoms with van der Waals surface area (Å²) in [6.07, 6.45) is 2.42. The van der Waals surface area contributed by atoms with E-state index in [1.807, 2.05) is 0 Å². The normalized spacial score (nSPS) is 9.54. The highest BCUT2D eigenvalue weighted by Crippen LogP contribution is 2.07. The monoisotopic (exact) mass is 182 g/mol. The standard InChI is InChI=1S/C8H10N2O3/c1-2-3-4-13-7-5-6(8(11)12)9-10-7/h2,5H,1,3-4H2,(H,9,10)(H,11,12). The van der Waals surface area contributed by atoms with Crippen LogP contribution < -0.4 is 4.74 Å². The van der Waals surface area contributed by atoms with Crippen LogP contribution in [-0.2, 0) is 0 Å². The van der Waals surface area contributed by atoms with E-state index in [2.05, 4.69) is 16.8 Å². The fraction of sp³-hybridized carbons (Fsp3) is 0.250. The number of aromatic amines is 1. The molecule has 0 bridgehead atoms. The van der Waals surface area contributed by atoms with Crippen LogP contribution in [0.3, 0.4) is 0 Å². The van der Waals surface area contributed by atoms with E-state index in [4.69, 9.17) is 9.84 Å². The molecule has 0 spiro atoms. The summed E-state index contributed by atoms with van der Waals surface area (Å²) in [5, 5.41) is 14.5. The predicted molar refractivity (Wildman–Crippen MR) is 45.9 cm³/mol. The van der Waals surface area contributed by atoms with Gasteiger partial charge < -0.3 is 9.84 Å². The molecule has 0 fully saturated rings. The predicted octanol–water partition coefficient (Wildman–Crippen LogP) is 1.06. The fourth-order valence-corrected chi connectivity index (χ4v) is 0.734. The van der Waals surface area contributed by atoms with Crippen molar-refractivity contribution in [3.05, 3.63) is 24.4 Å². The van der Waals surface area contributed by atoms with E-state index < -0.39 is 5.97 Å². The minimum absolute atomic E-state index is 0.0219. The van der Waals surface area contributed by atoms with E-state index in [1.165, 1.54) is 6.07 Å². The van der Waals surface area contributed by atoms with Crippen LogP contribution in [-0.4, -0.2) is 27.9 Å². The number of carbonyl (C=O) groups is 1. The van der Waals surface area contributed by atoms with Gasteiger partial charge in [-0.25, -0.2) is 4.79 Å². The molecule has 1 aromatic heterocycles. The van der Waals surface area contributed by atoms with Crippen LogP contribution in [0.5, 0.6) is 5.88 Å². The maximum atomic E-state index is 10.4. The van der Waals surface area contributed by atoms with Crippen molar-refractivity contribution in [2.24, 2.45) is 0 Å². The lowest BCUT2D eigenvalue weighted by Gasteiger charge is -1.96. The van der Waals surface area contributed by atoms with E-state index in [1.54, 1.807) is 6.08 Å². The molecule has 0 amide bonds. The molecule has 0 radical (unpaired) electrons. The number of hydrogen-bond donors (Lipinski definition) is 2. The van der Waals surface area contributed by atoms with Crippen molar-refractivity contribution in [1.29, 1.82) is 0 Å². The first-order chi connectivity index (χ1) is 6.24. The molecular weight excluding hydrogens is 172 g/mol. The average molecular weight is 182 g/mol. The van der Waals surface area contributed by atoms with Gasteiger partial charge in [0.1, 0.15) is 5.69 Å². The summed E-state index contributed by atoms with van der Waals surface area (Å²) in [6.45, 7) is 3.97. The number of nitrogens with one attached hydrogen (secondary N) is 1. The zero-order valence-corrected chi connectivity index (χ0v) is 6.99. The molecular formula is C8H10N2O3. The van der Waals surface area contributed by atoms with Gasteiger partial charge in [0.15, 0.2) is 0 Å². The quantitative estimate of drug-likeness (QED) is 0.527. The van der Waals surface area contributed by atoms with Gasteiger partial charge in [-0.2, -0.15) is 0 Å². The summed E-state index contributed by atoms with van der Waals surface area (Å²) in [6, 6.07) is 1.34. The highest BCUT2D eigenvalue weighted by atomic mass is 16.5. The third kappa shape index (κ3) is 2.62. The molecule has 1 heterocycles. The third-order valence-corrected chi connectivity index (χ3v) is 1.36. The fourth-order valence-electron chi connectivity index (χ4n) is 0.734. The van der Waals surface area contributed by atoms with Crippen LogP contribution in [0.15, 0.2) is 18.7 Å². The van der Waals surface area contributed by atoms with Gasteiger partial charge >= 0.3 is 5.97 Å². The average Bonchev–Trinajstić information content (AvgIpc) is 2.53. The van der Waals surface area contributed by atoms with Crippen molar-refractivity contribution >= 4 is 5.97 Å². The first kappa shape index (κ1) is 9.31. The number of ether oxygens (including phenoxy) is 1. The molecule has 1 rings (SSSR count). The van der Waals surface area contributed by atoms with Crippen LogP contribution in [0, 0.1) is 0 Å². The van der Waals surface area contributed by atoms with Gasteiger partial charge in [-0.05, 0) is 6.42 Å². The Hall–Kier alpha value is -1.78. The number of nitrogens with zero attached hydrogens (tertiary/aromatic N) is 1. The molecule has 1 aromatic rings. The number of aromatic nitrogens is 2.